The van der Waals surface area contributed by atoms with Crippen LogP contribution in [0.3, 0.4) is 0 Å². The minimum atomic E-state index is -0.495. The second-order valence-corrected chi connectivity index (χ2v) is 7.89. The van der Waals surface area contributed by atoms with Crippen LogP contribution in [0.15, 0.2) is 24.3 Å². The third-order valence-electron chi connectivity index (χ3n) is 4.76. The van der Waals surface area contributed by atoms with E-state index in [0.29, 0.717) is 13.0 Å². The van der Waals surface area contributed by atoms with Crippen LogP contribution >= 0.6 is 0 Å². The minimum Gasteiger partial charge on any atom is -0.465 e. The molecule has 0 radical (unpaired) electrons. The molecule has 0 amide bonds. The second-order valence-electron chi connectivity index (χ2n) is 7.89. The number of para-hydroxylation sites is 1. The summed E-state index contributed by atoms with van der Waals surface area (Å²) in [6.07, 6.45) is 5.94. The van der Waals surface area contributed by atoms with E-state index in [9.17, 15) is 4.79 Å². The van der Waals surface area contributed by atoms with Gasteiger partial charge in [-0.05, 0) is 39.7 Å². The molecule has 2 aliphatic rings. The fourth-order valence-corrected chi connectivity index (χ4v) is 3.39. The van der Waals surface area contributed by atoms with Gasteiger partial charge in [-0.3, -0.25) is 4.79 Å². The molecule has 1 aromatic carbocycles. The number of fused-ring (bicyclic) bond motifs is 1. The maximum atomic E-state index is 12.0. The summed E-state index contributed by atoms with van der Waals surface area (Å²) in [6, 6.07) is 8.06. The van der Waals surface area contributed by atoms with E-state index in [1.165, 1.54) is 6.42 Å². The molecule has 1 atom stereocenters. The average molecular weight is 332 g/mol. The van der Waals surface area contributed by atoms with Crippen molar-refractivity contribution in [3.8, 4) is 5.75 Å². The van der Waals surface area contributed by atoms with Crippen LogP contribution in [0.25, 0.3) is 0 Å². The summed E-state index contributed by atoms with van der Waals surface area (Å²) in [5.41, 5.74) is 0.583. The maximum Gasteiger partial charge on any atom is 0.311 e. The van der Waals surface area contributed by atoms with E-state index in [0.717, 1.165) is 37.0 Å². The Balaban J connectivity index is 1.70. The lowest BCUT2D eigenvalue weighted by Gasteiger charge is -2.44. The fourth-order valence-electron chi connectivity index (χ4n) is 3.39. The minimum absolute atomic E-state index is 0.0826. The van der Waals surface area contributed by atoms with E-state index < -0.39 is 11.2 Å². The third-order valence-corrected chi connectivity index (χ3v) is 4.76. The average Bonchev–Trinajstić information content (AvgIpc) is 2.54. The van der Waals surface area contributed by atoms with Gasteiger partial charge in [0.2, 0.25) is 5.79 Å². The molecule has 1 aliphatic heterocycles. The van der Waals surface area contributed by atoms with E-state index in [2.05, 4.69) is 0 Å². The summed E-state index contributed by atoms with van der Waals surface area (Å²) in [4.78, 5) is 12.0. The monoisotopic (exact) mass is 332 g/mol. The van der Waals surface area contributed by atoms with Crippen molar-refractivity contribution in [2.45, 2.75) is 71.2 Å². The van der Waals surface area contributed by atoms with Gasteiger partial charge in [0.15, 0.2) is 0 Å². The number of esters is 1. The second kappa shape index (κ2) is 6.75. The van der Waals surface area contributed by atoms with Crippen LogP contribution < -0.4 is 4.74 Å². The van der Waals surface area contributed by atoms with Crippen molar-refractivity contribution in [1.29, 1.82) is 0 Å². The summed E-state index contributed by atoms with van der Waals surface area (Å²) in [5, 5.41) is 0. The Morgan fingerprint density at radius 3 is 2.62 bits per heavy atom. The van der Waals surface area contributed by atoms with Gasteiger partial charge in [0.25, 0.3) is 0 Å². The highest BCUT2D eigenvalue weighted by atomic mass is 16.7. The summed E-state index contributed by atoms with van der Waals surface area (Å²) in [6.45, 7) is 5.97. The van der Waals surface area contributed by atoms with Gasteiger partial charge in [0, 0.05) is 24.8 Å². The molecule has 0 aromatic heterocycles. The lowest BCUT2D eigenvalue weighted by atomic mass is 9.91. The first kappa shape index (κ1) is 17.3. The van der Waals surface area contributed by atoms with Crippen molar-refractivity contribution < 1.29 is 19.0 Å². The van der Waals surface area contributed by atoms with Crippen LogP contribution in [0, 0.1) is 5.41 Å². The molecule has 132 valence electrons. The van der Waals surface area contributed by atoms with Crippen molar-refractivity contribution in [2.24, 2.45) is 5.41 Å². The molecule has 3 rings (SSSR count). The van der Waals surface area contributed by atoms with E-state index in [-0.39, 0.29) is 12.1 Å². The molecule has 1 spiro atoms. The Kier molecular flexibility index (Phi) is 4.86. The Labute approximate surface area is 144 Å². The Morgan fingerprint density at radius 1 is 1.21 bits per heavy atom. The summed E-state index contributed by atoms with van der Waals surface area (Å²) < 4.78 is 18.1. The summed E-state index contributed by atoms with van der Waals surface area (Å²) in [5.74, 6) is 0.249. The molecule has 1 aromatic rings. The molecular weight excluding hydrogens is 304 g/mol. The molecule has 0 N–H and O–H groups in total. The van der Waals surface area contributed by atoms with E-state index in [1.54, 1.807) is 0 Å². The normalized spacial score (nSPS) is 22.5. The van der Waals surface area contributed by atoms with Crippen LogP contribution in [-0.2, 0) is 14.3 Å². The first-order valence-corrected chi connectivity index (χ1v) is 9.03. The highest BCUT2D eigenvalue weighted by molar-refractivity contribution is 5.75. The van der Waals surface area contributed by atoms with Crippen molar-refractivity contribution in [3.63, 3.8) is 0 Å². The third kappa shape index (κ3) is 3.75. The zero-order valence-corrected chi connectivity index (χ0v) is 15.0. The molecule has 4 heteroatoms. The first-order valence-electron chi connectivity index (χ1n) is 9.03. The molecule has 24 heavy (non-hydrogen) atoms. The van der Waals surface area contributed by atoms with Gasteiger partial charge < -0.3 is 14.2 Å². The quantitative estimate of drug-likeness (QED) is 0.748. The van der Waals surface area contributed by atoms with Gasteiger partial charge in [-0.1, -0.05) is 24.6 Å². The molecule has 1 fully saturated rings. The zero-order chi connectivity index (χ0) is 17.2. The van der Waals surface area contributed by atoms with Crippen molar-refractivity contribution in [2.75, 3.05) is 6.61 Å². The Bertz CT molecular complexity index is 582. The first-order chi connectivity index (χ1) is 11.4. The number of carbonyl (C=O) groups is 1. The highest BCUT2D eigenvalue weighted by Gasteiger charge is 2.42. The van der Waals surface area contributed by atoms with E-state index in [4.69, 9.17) is 14.2 Å². The molecule has 0 bridgehead atoms. The number of benzene rings is 1. The van der Waals surface area contributed by atoms with Gasteiger partial charge in [-0.2, -0.15) is 0 Å². The number of carbonyl (C=O) groups excluding carboxylic acids is 1. The number of hydrogen-bond acceptors (Lipinski definition) is 4. The lowest BCUT2D eigenvalue weighted by molar-refractivity contribution is -0.247. The Hall–Kier alpha value is -1.55. The topological polar surface area (TPSA) is 44.8 Å². The highest BCUT2D eigenvalue weighted by Crippen LogP contribution is 2.45. The Morgan fingerprint density at radius 2 is 1.92 bits per heavy atom. The van der Waals surface area contributed by atoms with Crippen LogP contribution in [0.2, 0.25) is 0 Å². The van der Waals surface area contributed by atoms with Gasteiger partial charge in [0.1, 0.15) is 5.75 Å². The van der Waals surface area contributed by atoms with E-state index >= 15 is 0 Å². The van der Waals surface area contributed by atoms with Crippen molar-refractivity contribution in [3.05, 3.63) is 29.8 Å². The zero-order valence-electron chi connectivity index (χ0n) is 15.0. The SMILES string of the molecule is CC(C)(C)C(=O)OCCC1OC2(CCCCC2)Oc2ccccc21. The molecule has 1 heterocycles. The molecule has 1 unspecified atom stereocenters. The molecule has 1 saturated carbocycles. The van der Waals surface area contributed by atoms with Gasteiger partial charge in [-0.15, -0.1) is 0 Å². The standard InChI is InChI=1S/C20H28O4/c1-19(2,3)18(21)22-14-11-17-15-9-5-6-10-16(15)23-20(24-17)12-7-4-8-13-20/h5-6,9-10,17H,4,7-8,11-14H2,1-3H3. The number of rotatable bonds is 3. The van der Waals surface area contributed by atoms with Crippen molar-refractivity contribution >= 4 is 5.97 Å². The summed E-state index contributed by atoms with van der Waals surface area (Å²) in [7, 11) is 0. The van der Waals surface area contributed by atoms with Gasteiger partial charge in [0.05, 0.1) is 18.1 Å². The lowest BCUT2D eigenvalue weighted by Crippen LogP contribution is -2.45. The van der Waals surface area contributed by atoms with Crippen LogP contribution in [0.4, 0.5) is 0 Å². The molecule has 0 saturated heterocycles. The van der Waals surface area contributed by atoms with Gasteiger partial charge >= 0.3 is 5.97 Å². The molecular formula is C20H28O4. The number of ether oxygens (including phenoxy) is 3. The smallest absolute Gasteiger partial charge is 0.311 e. The molecule has 1 aliphatic carbocycles. The van der Waals surface area contributed by atoms with Crippen molar-refractivity contribution in [1.82, 2.24) is 0 Å². The summed E-state index contributed by atoms with van der Waals surface area (Å²) >= 11 is 0. The fraction of sp³-hybridized carbons (Fsp3) is 0.650. The van der Waals surface area contributed by atoms with Crippen LogP contribution in [0.5, 0.6) is 5.75 Å². The van der Waals surface area contributed by atoms with Crippen LogP contribution in [-0.4, -0.2) is 18.4 Å². The van der Waals surface area contributed by atoms with E-state index in [1.807, 2.05) is 45.0 Å². The maximum absolute atomic E-state index is 12.0. The number of hydrogen-bond donors (Lipinski definition) is 0. The largest absolute Gasteiger partial charge is 0.465 e. The van der Waals surface area contributed by atoms with Gasteiger partial charge in [-0.25, -0.2) is 0 Å². The van der Waals surface area contributed by atoms with Crippen LogP contribution in [0.1, 0.15) is 71.0 Å². The predicted molar refractivity (Wildman–Crippen MR) is 91.7 cm³/mol. The molecule has 4 nitrogen and oxygen atoms in total. The predicted octanol–water partition coefficient (Wildman–Crippen LogP) is 4.78.